The third-order valence-corrected chi connectivity index (χ3v) is 5.21. The summed E-state index contributed by atoms with van der Waals surface area (Å²) in [5.41, 5.74) is 3.86. The van der Waals surface area contributed by atoms with Gasteiger partial charge in [0, 0.05) is 29.6 Å². The van der Waals surface area contributed by atoms with Gasteiger partial charge in [-0.1, -0.05) is 16.8 Å². The van der Waals surface area contributed by atoms with Crippen LogP contribution < -0.4 is 15.3 Å². The second-order valence-electron chi connectivity index (χ2n) is 7.47. The van der Waals surface area contributed by atoms with Gasteiger partial charge >= 0.3 is 5.63 Å². The molecule has 2 aromatic carbocycles. The molecule has 1 amide bonds. The molecule has 0 aliphatic carbocycles. The van der Waals surface area contributed by atoms with E-state index in [9.17, 15) is 9.59 Å². The van der Waals surface area contributed by atoms with Gasteiger partial charge in [-0.3, -0.25) is 4.79 Å². The van der Waals surface area contributed by atoms with Crippen molar-refractivity contribution in [2.75, 3.05) is 38.4 Å². The van der Waals surface area contributed by atoms with Crippen LogP contribution in [0, 0.1) is 13.8 Å². The molecule has 0 saturated carbocycles. The summed E-state index contributed by atoms with van der Waals surface area (Å²) >= 11 is 0. The summed E-state index contributed by atoms with van der Waals surface area (Å²) < 4.78 is 16.6. The van der Waals surface area contributed by atoms with Crippen LogP contribution in [0.2, 0.25) is 0 Å². The van der Waals surface area contributed by atoms with Gasteiger partial charge in [-0.25, -0.2) is 4.79 Å². The second-order valence-corrected chi connectivity index (χ2v) is 7.47. The van der Waals surface area contributed by atoms with E-state index < -0.39 is 0 Å². The first kappa shape index (κ1) is 21.6. The smallest absolute Gasteiger partial charge is 0.336 e. The first-order valence-corrected chi connectivity index (χ1v) is 10.3. The van der Waals surface area contributed by atoms with Crippen molar-refractivity contribution in [2.45, 2.75) is 13.8 Å². The maximum atomic E-state index is 12.7. The summed E-state index contributed by atoms with van der Waals surface area (Å²) in [6.45, 7) is 5.22. The van der Waals surface area contributed by atoms with Gasteiger partial charge < -0.3 is 23.6 Å². The Morgan fingerprint density at radius 3 is 2.66 bits per heavy atom. The normalized spacial score (nSPS) is 14.3. The van der Waals surface area contributed by atoms with E-state index >= 15 is 0 Å². The fourth-order valence-electron chi connectivity index (χ4n) is 3.70. The molecule has 8 nitrogen and oxygen atoms in total. The van der Waals surface area contributed by atoms with Crippen LogP contribution in [0.15, 0.2) is 56.8 Å². The molecule has 0 fully saturated rings. The minimum atomic E-state index is -0.387. The van der Waals surface area contributed by atoms with Gasteiger partial charge in [0.2, 0.25) is 0 Å². The Bertz CT molecular complexity index is 1250. The van der Waals surface area contributed by atoms with Crippen molar-refractivity contribution >= 4 is 28.3 Å². The number of carbonyl (C=O) groups is 1. The first-order chi connectivity index (χ1) is 15.5. The lowest BCUT2D eigenvalue weighted by Gasteiger charge is -2.17. The Kier molecular flexibility index (Phi) is 6.23. The minimum absolute atomic E-state index is 0.208. The molecule has 0 bridgehead atoms. The molecule has 4 rings (SSSR count). The lowest BCUT2D eigenvalue weighted by molar-refractivity contribution is -0.112. The maximum absolute atomic E-state index is 12.7. The number of hydrogen-bond acceptors (Lipinski definition) is 7. The Labute approximate surface area is 185 Å². The predicted octanol–water partition coefficient (Wildman–Crippen LogP) is 3.20. The first-order valence-electron chi connectivity index (χ1n) is 10.3. The number of fused-ring (bicyclic) bond motifs is 2. The SMILES string of the molecule is CO/N=C1\C(=O)N(CCOCCOc2ccc3c(C)cc(=O)oc3c2)c2ccc(C)cc21. The highest BCUT2D eigenvalue weighted by Gasteiger charge is 2.34. The molecule has 0 radical (unpaired) electrons. The zero-order chi connectivity index (χ0) is 22.7. The highest BCUT2D eigenvalue weighted by Crippen LogP contribution is 2.30. The molecule has 1 aliphatic rings. The number of oxime groups is 1. The monoisotopic (exact) mass is 436 g/mol. The molecule has 2 heterocycles. The van der Waals surface area contributed by atoms with Crippen LogP contribution in [0.4, 0.5) is 5.69 Å². The number of nitrogens with zero attached hydrogens (tertiary/aromatic N) is 2. The summed E-state index contributed by atoms with van der Waals surface area (Å²) in [7, 11) is 1.42. The number of ether oxygens (including phenoxy) is 2. The van der Waals surface area contributed by atoms with Crippen LogP contribution in [-0.4, -0.2) is 45.1 Å². The van der Waals surface area contributed by atoms with E-state index in [1.54, 1.807) is 11.0 Å². The van der Waals surface area contributed by atoms with E-state index in [1.807, 2.05) is 44.2 Å². The van der Waals surface area contributed by atoms with Crippen molar-refractivity contribution in [3.8, 4) is 5.75 Å². The van der Waals surface area contributed by atoms with Gasteiger partial charge in [-0.2, -0.15) is 0 Å². The Balaban J connectivity index is 1.30. The van der Waals surface area contributed by atoms with Crippen molar-refractivity contribution in [3.63, 3.8) is 0 Å². The number of rotatable bonds is 8. The van der Waals surface area contributed by atoms with Crippen LogP contribution in [0.5, 0.6) is 5.75 Å². The van der Waals surface area contributed by atoms with Crippen LogP contribution in [0.3, 0.4) is 0 Å². The van der Waals surface area contributed by atoms with E-state index in [-0.39, 0.29) is 11.5 Å². The zero-order valence-corrected chi connectivity index (χ0v) is 18.2. The Morgan fingerprint density at radius 1 is 1.00 bits per heavy atom. The summed E-state index contributed by atoms with van der Waals surface area (Å²) in [6.07, 6.45) is 0. The molecular weight excluding hydrogens is 412 g/mol. The molecular formula is C24H24N2O6. The lowest BCUT2D eigenvalue weighted by atomic mass is 10.1. The molecule has 1 aliphatic heterocycles. The molecule has 0 unspecified atom stereocenters. The van der Waals surface area contributed by atoms with Gasteiger partial charge in [0.25, 0.3) is 5.91 Å². The van der Waals surface area contributed by atoms with Crippen LogP contribution in [0.1, 0.15) is 16.7 Å². The zero-order valence-electron chi connectivity index (χ0n) is 18.2. The molecule has 0 atom stereocenters. The topological polar surface area (TPSA) is 90.6 Å². The number of amides is 1. The van der Waals surface area contributed by atoms with Crippen molar-refractivity contribution in [1.29, 1.82) is 0 Å². The standard InChI is InChI=1S/C24H24N2O6/c1-15-4-7-20-19(12-15)23(25-29-3)24(28)26(20)8-9-30-10-11-31-17-5-6-18-16(2)13-22(27)32-21(18)14-17/h4-7,12-14H,8-11H2,1-3H3/b25-23-. The molecule has 0 N–H and O–H groups in total. The van der Waals surface area contributed by atoms with Crippen molar-refractivity contribution in [1.82, 2.24) is 0 Å². The average Bonchev–Trinajstić information content (AvgIpc) is 3.01. The molecule has 8 heteroatoms. The number of aryl methyl sites for hydroxylation is 2. The Hall–Kier alpha value is -3.65. The number of hydrogen-bond donors (Lipinski definition) is 0. The molecule has 32 heavy (non-hydrogen) atoms. The van der Waals surface area contributed by atoms with Crippen molar-refractivity contribution in [3.05, 3.63) is 69.6 Å². The number of benzene rings is 2. The minimum Gasteiger partial charge on any atom is -0.491 e. The van der Waals surface area contributed by atoms with E-state index in [4.69, 9.17) is 18.7 Å². The second kappa shape index (κ2) is 9.23. The summed E-state index contributed by atoms with van der Waals surface area (Å²) in [6, 6.07) is 12.6. The van der Waals surface area contributed by atoms with Crippen LogP contribution in [0.25, 0.3) is 11.0 Å². The van der Waals surface area contributed by atoms with E-state index in [1.165, 1.54) is 13.2 Å². The van der Waals surface area contributed by atoms with E-state index in [0.717, 1.165) is 27.8 Å². The molecule has 1 aromatic heterocycles. The van der Waals surface area contributed by atoms with Crippen molar-refractivity contribution < 1.29 is 23.5 Å². The summed E-state index contributed by atoms with van der Waals surface area (Å²) in [5, 5.41) is 4.77. The van der Waals surface area contributed by atoms with Crippen molar-refractivity contribution in [2.24, 2.45) is 5.16 Å². The fourth-order valence-corrected chi connectivity index (χ4v) is 3.70. The lowest BCUT2D eigenvalue weighted by Crippen LogP contribution is -2.33. The molecule has 166 valence electrons. The third kappa shape index (κ3) is 4.36. The van der Waals surface area contributed by atoms with Gasteiger partial charge in [-0.05, 0) is 43.7 Å². The van der Waals surface area contributed by atoms with E-state index in [2.05, 4.69) is 5.16 Å². The molecule has 3 aromatic rings. The maximum Gasteiger partial charge on any atom is 0.336 e. The Morgan fingerprint density at radius 2 is 1.84 bits per heavy atom. The van der Waals surface area contributed by atoms with Gasteiger partial charge in [0.15, 0.2) is 5.71 Å². The summed E-state index contributed by atoms with van der Waals surface area (Å²) in [4.78, 5) is 30.8. The highest BCUT2D eigenvalue weighted by molar-refractivity contribution is 6.54. The predicted molar refractivity (Wildman–Crippen MR) is 121 cm³/mol. The van der Waals surface area contributed by atoms with Crippen LogP contribution in [-0.2, 0) is 14.4 Å². The highest BCUT2D eigenvalue weighted by atomic mass is 16.6. The number of carbonyl (C=O) groups excluding carboxylic acids is 1. The molecule has 0 saturated heterocycles. The fraction of sp³-hybridized carbons (Fsp3) is 0.292. The molecule has 0 spiro atoms. The largest absolute Gasteiger partial charge is 0.491 e. The summed E-state index contributed by atoms with van der Waals surface area (Å²) in [5.74, 6) is 0.384. The number of anilines is 1. The van der Waals surface area contributed by atoms with Gasteiger partial charge in [0.1, 0.15) is 25.0 Å². The van der Waals surface area contributed by atoms with E-state index in [0.29, 0.717) is 43.4 Å². The van der Waals surface area contributed by atoms with Crippen LogP contribution >= 0.6 is 0 Å². The quantitative estimate of drug-likeness (QED) is 0.306. The van der Waals surface area contributed by atoms with Gasteiger partial charge in [0.05, 0.1) is 18.9 Å². The average molecular weight is 436 g/mol. The third-order valence-electron chi connectivity index (χ3n) is 5.21. The van der Waals surface area contributed by atoms with Gasteiger partial charge in [-0.15, -0.1) is 0 Å².